The number of piperidine rings is 1. The van der Waals surface area contributed by atoms with Crippen molar-refractivity contribution in [1.29, 1.82) is 0 Å². The largest absolute Gasteiger partial charge is 0.435 e. The maximum Gasteiger partial charge on any atom is 0.387 e. The van der Waals surface area contributed by atoms with Gasteiger partial charge in [-0.2, -0.15) is 8.78 Å². The van der Waals surface area contributed by atoms with Crippen molar-refractivity contribution in [3.05, 3.63) is 71.7 Å². The predicted octanol–water partition coefficient (Wildman–Crippen LogP) is 4.32. The average Bonchev–Trinajstić information content (AvgIpc) is 3.35. The van der Waals surface area contributed by atoms with Gasteiger partial charge in [-0.25, -0.2) is 19.3 Å². The zero-order valence-corrected chi connectivity index (χ0v) is 20.9. The third kappa shape index (κ3) is 4.16. The number of nitrogens with zero attached hydrogens (tertiary/aromatic N) is 5. The molecule has 1 aliphatic carbocycles. The number of alkyl halides is 2. The molecule has 3 saturated heterocycles. The Morgan fingerprint density at radius 3 is 2.69 bits per heavy atom. The number of rotatable bonds is 5. The lowest BCUT2D eigenvalue weighted by Gasteiger charge is -2.22. The molecule has 6 heterocycles. The minimum Gasteiger partial charge on any atom is -0.435 e. The Morgan fingerprint density at radius 1 is 1.08 bits per heavy atom. The monoisotopic (exact) mass is 534 g/mol. The number of carbonyl (C=O) groups excluding carboxylic acids is 1. The fraction of sp³-hybridized carbons (Fsp3) is 0.357. The third-order valence-corrected chi connectivity index (χ3v) is 8.03. The number of pyridine rings is 1. The van der Waals surface area contributed by atoms with Crippen LogP contribution in [0.5, 0.6) is 5.75 Å². The molecule has 2 bridgehead atoms. The van der Waals surface area contributed by atoms with Gasteiger partial charge >= 0.3 is 6.61 Å². The molecule has 3 fully saturated rings. The summed E-state index contributed by atoms with van der Waals surface area (Å²) in [4.78, 5) is 27.9. The molecule has 1 aromatic carbocycles. The molecule has 8 rings (SSSR count). The van der Waals surface area contributed by atoms with Crippen molar-refractivity contribution in [3.63, 3.8) is 0 Å². The number of imidazole rings is 1. The molecule has 3 aliphatic heterocycles. The van der Waals surface area contributed by atoms with Gasteiger partial charge in [-0.05, 0) is 31.7 Å². The van der Waals surface area contributed by atoms with Crippen LogP contribution in [0.3, 0.4) is 0 Å². The van der Waals surface area contributed by atoms with Crippen LogP contribution in [-0.2, 0) is 11.2 Å². The van der Waals surface area contributed by atoms with Crippen molar-refractivity contribution < 1.29 is 22.7 Å². The number of hydrogen-bond acceptors (Lipinski definition) is 6. The summed E-state index contributed by atoms with van der Waals surface area (Å²) in [7, 11) is 0. The predicted molar refractivity (Wildman–Crippen MR) is 136 cm³/mol. The van der Waals surface area contributed by atoms with E-state index in [-0.39, 0.29) is 29.5 Å². The quantitative estimate of drug-likeness (QED) is 0.411. The summed E-state index contributed by atoms with van der Waals surface area (Å²) >= 11 is 0. The van der Waals surface area contributed by atoms with E-state index < -0.39 is 12.4 Å². The average molecular weight is 535 g/mol. The van der Waals surface area contributed by atoms with Crippen molar-refractivity contribution in [3.8, 4) is 16.9 Å². The van der Waals surface area contributed by atoms with Crippen molar-refractivity contribution in [2.24, 2.45) is 5.92 Å². The summed E-state index contributed by atoms with van der Waals surface area (Å²) < 4.78 is 48.1. The first kappa shape index (κ1) is 23.9. The van der Waals surface area contributed by atoms with Gasteiger partial charge < -0.3 is 19.4 Å². The molecule has 3 unspecified atom stereocenters. The highest BCUT2D eigenvalue weighted by Crippen LogP contribution is 2.43. The van der Waals surface area contributed by atoms with Gasteiger partial charge in [0, 0.05) is 66.4 Å². The van der Waals surface area contributed by atoms with E-state index in [1.165, 1.54) is 12.1 Å². The highest BCUT2D eigenvalue weighted by atomic mass is 19.3. The Kier molecular flexibility index (Phi) is 5.67. The molecule has 8 nitrogen and oxygen atoms in total. The number of ether oxygens (including phenoxy) is 1. The summed E-state index contributed by atoms with van der Waals surface area (Å²) in [5.74, 6) is -0.0484. The number of anilines is 1. The number of halogens is 3. The smallest absolute Gasteiger partial charge is 0.387 e. The number of carbonyl (C=O) groups is 1. The van der Waals surface area contributed by atoms with Crippen LogP contribution in [0.2, 0.25) is 0 Å². The SMILES string of the molecule is O=C1NC2CCC1CN(c1ncc(-c3cn4c5c(nc4cc3F)CCC5c3ccccc3OC(F)F)cn1)C2. The number of benzene rings is 1. The number of para-hydroxylation sites is 1. The Balaban J connectivity index is 1.23. The van der Waals surface area contributed by atoms with Crippen LogP contribution in [-0.4, -0.2) is 51.0 Å². The van der Waals surface area contributed by atoms with Crippen LogP contribution in [0.25, 0.3) is 16.8 Å². The molecule has 3 atom stereocenters. The first-order valence-corrected chi connectivity index (χ1v) is 13.1. The highest BCUT2D eigenvalue weighted by Gasteiger charge is 2.36. The molecule has 0 saturated carbocycles. The zero-order chi connectivity index (χ0) is 26.7. The Labute approximate surface area is 221 Å². The molecular formula is C28H25F3N6O2. The van der Waals surface area contributed by atoms with E-state index in [0.717, 1.165) is 24.2 Å². The molecule has 0 radical (unpaired) electrons. The van der Waals surface area contributed by atoms with E-state index in [4.69, 9.17) is 4.74 Å². The fourth-order valence-electron chi connectivity index (χ4n) is 6.22. The van der Waals surface area contributed by atoms with Gasteiger partial charge in [0.05, 0.1) is 17.3 Å². The van der Waals surface area contributed by atoms with E-state index in [0.29, 0.717) is 54.2 Å². The van der Waals surface area contributed by atoms with Gasteiger partial charge in [0.2, 0.25) is 11.9 Å². The third-order valence-electron chi connectivity index (χ3n) is 8.03. The number of aryl methyl sites for hydroxylation is 1. The molecular weight excluding hydrogens is 509 g/mol. The first-order valence-electron chi connectivity index (χ1n) is 13.1. The molecule has 1 N–H and O–H groups in total. The zero-order valence-electron chi connectivity index (χ0n) is 20.9. The Bertz CT molecular complexity index is 1570. The standard InChI is InChI=1S/C28H25F3N6O2/c29-21-9-24-35-22-8-7-19(18-3-1-2-4-23(18)39-27(30)31)25(22)37(24)14-20(21)16-10-32-28(33-11-16)36-12-15-5-6-17(13-36)34-26(15)38/h1-4,9-11,14-15,17,19,27H,5-8,12-13H2,(H,34,38). The molecule has 4 aliphatic rings. The second-order valence-corrected chi connectivity index (χ2v) is 10.4. The summed E-state index contributed by atoms with van der Waals surface area (Å²) in [6.45, 7) is -1.73. The normalized spacial score (nSPS) is 22.3. The van der Waals surface area contributed by atoms with Crippen molar-refractivity contribution in [2.45, 2.75) is 44.3 Å². The number of nitrogens with one attached hydrogen (secondary N) is 1. The van der Waals surface area contributed by atoms with E-state index in [2.05, 4.69) is 20.3 Å². The minimum absolute atomic E-state index is 0.0758. The fourth-order valence-corrected chi connectivity index (χ4v) is 6.22. The van der Waals surface area contributed by atoms with E-state index in [1.54, 1.807) is 36.8 Å². The molecule has 3 aromatic heterocycles. The summed E-state index contributed by atoms with van der Waals surface area (Å²) in [6.07, 6.45) is 7.98. The number of amides is 1. The van der Waals surface area contributed by atoms with Gasteiger partial charge in [-0.1, -0.05) is 18.2 Å². The van der Waals surface area contributed by atoms with Crippen LogP contribution >= 0.6 is 0 Å². The Hall–Kier alpha value is -4.15. The van der Waals surface area contributed by atoms with Gasteiger partial charge in [0.25, 0.3) is 0 Å². The van der Waals surface area contributed by atoms with Crippen molar-refractivity contribution >= 4 is 17.5 Å². The van der Waals surface area contributed by atoms with Crippen molar-refractivity contribution in [1.82, 2.24) is 24.7 Å². The van der Waals surface area contributed by atoms with Crippen LogP contribution in [0.1, 0.15) is 42.1 Å². The van der Waals surface area contributed by atoms with Gasteiger partial charge in [-0.3, -0.25) is 4.79 Å². The maximum atomic E-state index is 15.3. The van der Waals surface area contributed by atoms with Crippen LogP contribution in [0.4, 0.5) is 19.1 Å². The second kappa shape index (κ2) is 9.25. The van der Waals surface area contributed by atoms with Crippen LogP contribution < -0.4 is 15.0 Å². The minimum atomic E-state index is -2.93. The molecule has 0 spiro atoms. The summed E-state index contributed by atoms with van der Waals surface area (Å²) in [5.41, 5.74) is 3.57. The van der Waals surface area contributed by atoms with Gasteiger partial charge in [0.15, 0.2) is 0 Å². The second-order valence-electron chi connectivity index (χ2n) is 10.4. The molecule has 11 heteroatoms. The molecule has 39 heavy (non-hydrogen) atoms. The van der Waals surface area contributed by atoms with Crippen molar-refractivity contribution in [2.75, 3.05) is 18.0 Å². The molecule has 1 amide bonds. The topological polar surface area (TPSA) is 84.7 Å². The molecule has 4 aromatic rings. The van der Waals surface area contributed by atoms with E-state index in [1.807, 2.05) is 9.30 Å². The Morgan fingerprint density at radius 2 is 1.90 bits per heavy atom. The van der Waals surface area contributed by atoms with Crippen LogP contribution in [0, 0.1) is 11.7 Å². The number of hydrogen-bond donors (Lipinski definition) is 1. The number of aromatic nitrogens is 4. The number of fused-ring (bicyclic) bond motifs is 7. The summed E-state index contributed by atoms with van der Waals surface area (Å²) in [5, 5.41) is 3.05. The van der Waals surface area contributed by atoms with Gasteiger partial charge in [-0.15, -0.1) is 0 Å². The highest BCUT2D eigenvalue weighted by molar-refractivity contribution is 5.81. The maximum absolute atomic E-state index is 15.3. The lowest BCUT2D eigenvalue weighted by molar-refractivity contribution is -0.126. The van der Waals surface area contributed by atoms with E-state index >= 15 is 4.39 Å². The molecule has 200 valence electrons. The van der Waals surface area contributed by atoms with Crippen LogP contribution in [0.15, 0.2) is 48.9 Å². The lowest BCUT2D eigenvalue weighted by atomic mass is 9.95. The lowest BCUT2D eigenvalue weighted by Crippen LogP contribution is -2.43. The van der Waals surface area contributed by atoms with Gasteiger partial charge in [0.1, 0.15) is 17.2 Å². The first-order chi connectivity index (χ1) is 18.9. The summed E-state index contributed by atoms with van der Waals surface area (Å²) in [6, 6.07) is 8.23. The van der Waals surface area contributed by atoms with E-state index in [9.17, 15) is 13.6 Å².